The average molecular weight is 463 g/mol. The van der Waals surface area contributed by atoms with E-state index in [4.69, 9.17) is 5.11 Å². The van der Waals surface area contributed by atoms with Crippen molar-refractivity contribution in [2.45, 2.75) is 11.3 Å². The van der Waals surface area contributed by atoms with Gasteiger partial charge in [0.15, 0.2) is 0 Å². The molecule has 0 saturated carbocycles. The zero-order valence-electron chi connectivity index (χ0n) is 11.8. The molecule has 2 rings (SSSR count). The molecule has 8 heteroatoms. The van der Waals surface area contributed by atoms with E-state index in [9.17, 15) is 13.2 Å². The molecule has 0 unspecified atom stereocenters. The van der Waals surface area contributed by atoms with E-state index >= 15 is 0 Å². The summed E-state index contributed by atoms with van der Waals surface area (Å²) < 4.78 is 28.3. The van der Waals surface area contributed by atoms with Crippen LogP contribution < -0.4 is 4.31 Å². The smallest absolute Gasteiger partial charge is 0.305 e. The second kappa shape index (κ2) is 7.46. The topological polar surface area (TPSA) is 74.7 Å². The van der Waals surface area contributed by atoms with Crippen molar-refractivity contribution < 1.29 is 18.3 Å². The first-order valence-electron chi connectivity index (χ1n) is 6.57. The van der Waals surface area contributed by atoms with Crippen LogP contribution in [0, 0.1) is 0 Å². The maximum Gasteiger partial charge on any atom is 0.305 e. The van der Waals surface area contributed by atoms with Gasteiger partial charge in [-0.15, -0.1) is 0 Å². The number of anilines is 1. The van der Waals surface area contributed by atoms with E-state index in [1.807, 2.05) is 0 Å². The molecule has 23 heavy (non-hydrogen) atoms. The summed E-state index contributed by atoms with van der Waals surface area (Å²) in [6.45, 7) is -0.156. The number of para-hydroxylation sites is 1. The van der Waals surface area contributed by atoms with Crippen molar-refractivity contribution in [1.29, 1.82) is 0 Å². The molecular weight excluding hydrogens is 450 g/mol. The van der Waals surface area contributed by atoms with Gasteiger partial charge in [0.2, 0.25) is 0 Å². The lowest BCUT2D eigenvalue weighted by Gasteiger charge is -2.25. The maximum atomic E-state index is 12.9. The Morgan fingerprint density at radius 3 is 2.22 bits per heavy atom. The number of carboxylic acids is 1. The van der Waals surface area contributed by atoms with Crippen LogP contribution in [0.4, 0.5) is 5.69 Å². The predicted octanol–water partition coefficient (Wildman–Crippen LogP) is 3.88. The third kappa shape index (κ3) is 4.33. The fraction of sp³-hybridized carbons (Fsp3) is 0.133. The highest BCUT2D eigenvalue weighted by Crippen LogP contribution is 2.31. The summed E-state index contributed by atoms with van der Waals surface area (Å²) in [5.74, 6) is -1.06. The normalized spacial score (nSPS) is 11.2. The van der Waals surface area contributed by atoms with Crippen LogP contribution in [-0.4, -0.2) is 26.0 Å². The van der Waals surface area contributed by atoms with Gasteiger partial charge < -0.3 is 5.11 Å². The van der Waals surface area contributed by atoms with Gasteiger partial charge in [-0.1, -0.05) is 28.1 Å². The van der Waals surface area contributed by atoms with E-state index in [-0.39, 0.29) is 17.9 Å². The second-order valence-electron chi connectivity index (χ2n) is 4.63. The quantitative estimate of drug-likeness (QED) is 0.706. The van der Waals surface area contributed by atoms with Gasteiger partial charge in [-0.2, -0.15) is 0 Å². The first kappa shape index (κ1) is 18.0. The van der Waals surface area contributed by atoms with E-state index < -0.39 is 16.0 Å². The molecule has 0 spiro atoms. The van der Waals surface area contributed by atoms with Gasteiger partial charge >= 0.3 is 5.97 Å². The summed E-state index contributed by atoms with van der Waals surface area (Å²) in [6, 6.07) is 13.0. The van der Waals surface area contributed by atoms with E-state index in [2.05, 4.69) is 31.9 Å². The summed E-state index contributed by atoms with van der Waals surface area (Å²) in [6.07, 6.45) is -0.295. The van der Waals surface area contributed by atoms with Crippen LogP contribution in [0.15, 0.2) is 62.4 Å². The summed E-state index contributed by atoms with van der Waals surface area (Å²) >= 11 is 6.58. The number of hydrogen-bond acceptors (Lipinski definition) is 3. The Balaban J connectivity index is 2.50. The minimum absolute atomic E-state index is 0.0989. The van der Waals surface area contributed by atoms with Crippen LogP contribution >= 0.6 is 31.9 Å². The van der Waals surface area contributed by atoms with Crippen molar-refractivity contribution in [2.75, 3.05) is 10.8 Å². The lowest BCUT2D eigenvalue weighted by molar-refractivity contribution is -0.136. The molecule has 0 amide bonds. The number of halogens is 2. The maximum absolute atomic E-state index is 12.9. The van der Waals surface area contributed by atoms with E-state index in [0.29, 0.717) is 10.2 Å². The average Bonchev–Trinajstić information content (AvgIpc) is 2.49. The van der Waals surface area contributed by atoms with Gasteiger partial charge in [-0.3, -0.25) is 9.10 Å². The zero-order valence-corrected chi connectivity index (χ0v) is 15.8. The van der Waals surface area contributed by atoms with E-state index in [0.717, 1.165) is 8.78 Å². The van der Waals surface area contributed by atoms with Gasteiger partial charge in [-0.25, -0.2) is 8.42 Å². The largest absolute Gasteiger partial charge is 0.481 e. The molecule has 0 heterocycles. The first-order chi connectivity index (χ1) is 10.8. The Bertz CT molecular complexity index is 806. The van der Waals surface area contributed by atoms with Gasteiger partial charge in [0.1, 0.15) is 0 Å². The second-order valence-corrected chi connectivity index (χ2v) is 8.26. The molecule has 0 bridgehead atoms. The van der Waals surface area contributed by atoms with Crippen molar-refractivity contribution >= 4 is 53.5 Å². The molecular formula is C15H13Br2NO4S. The highest BCUT2D eigenvalue weighted by atomic mass is 79.9. The lowest BCUT2D eigenvalue weighted by atomic mass is 10.3. The van der Waals surface area contributed by atoms with Gasteiger partial charge in [0.25, 0.3) is 10.0 Å². The molecule has 2 aromatic carbocycles. The van der Waals surface area contributed by atoms with Crippen LogP contribution in [0.1, 0.15) is 6.42 Å². The van der Waals surface area contributed by atoms with Crippen molar-refractivity contribution in [2.24, 2.45) is 0 Å². The lowest BCUT2D eigenvalue weighted by Crippen LogP contribution is -2.33. The highest BCUT2D eigenvalue weighted by molar-refractivity contribution is 9.10. The van der Waals surface area contributed by atoms with Gasteiger partial charge in [-0.05, 0) is 52.3 Å². The predicted molar refractivity (Wildman–Crippen MR) is 95.1 cm³/mol. The van der Waals surface area contributed by atoms with Crippen LogP contribution in [0.5, 0.6) is 0 Å². The summed E-state index contributed by atoms with van der Waals surface area (Å²) in [4.78, 5) is 11.0. The molecule has 0 fully saturated rings. The summed E-state index contributed by atoms with van der Waals surface area (Å²) in [7, 11) is -3.87. The number of benzene rings is 2. The van der Waals surface area contributed by atoms with Crippen molar-refractivity contribution in [1.82, 2.24) is 0 Å². The molecule has 1 N–H and O–H groups in total. The van der Waals surface area contributed by atoms with E-state index in [1.165, 1.54) is 12.1 Å². The Kier molecular flexibility index (Phi) is 5.83. The molecule has 0 aliphatic carbocycles. The molecule has 5 nitrogen and oxygen atoms in total. The molecule has 122 valence electrons. The first-order valence-corrected chi connectivity index (χ1v) is 9.59. The molecule has 2 aromatic rings. The van der Waals surface area contributed by atoms with Gasteiger partial charge in [0, 0.05) is 15.5 Å². The molecule has 0 aromatic heterocycles. The Morgan fingerprint density at radius 1 is 1.04 bits per heavy atom. The molecule has 0 atom stereocenters. The molecule has 0 saturated heterocycles. The number of sulfonamides is 1. The third-order valence-corrected chi connectivity index (χ3v) is 6.08. The van der Waals surface area contributed by atoms with E-state index in [1.54, 1.807) is 36.4 Å². The van der Waals surface area contributed by atoms with Crippen LogP contribution in [0.3, 0.4) is 0 Å². The van der Waals surface area contributed by atoms with Crippen molar-refractivity contribution in [3.05, 3.63) is 57.5 Å². The fourth-order valence-corrected chi connectivity index (χ4v) is 4.32. The minimum Gasteiger partial charge on any atom is -0.481 e. The Hall–Kier alpha value is -1.38. The van der Waals surface area contributed by atoms with Crippen LogP contribution in [0.25, 0.3) is 0 Å². The van der Waals surface area contributed by atoms with Crippen LogP contribution in [0.2, 0.25) is 0 Å². The molecule has 0 aliphatic rings. The highest BCUT2D eigenvalue weighted by Gasteiger charge is 2.26. The number of rotatable bonds is 6. The monoisotopic (exact) mass is 461 g/mol. The minimum atomic E-state index is -3.87. The summed E-state index contributed by atoms with van der Waals surface area (Å²) in [5, 5.41) is 8.91. The number of hydrogen-bond donors (Lipinski definition) is 1. The number of carboxylic acid groups (broad SMARTS) is 1. The zero-order chi connectivity index (χ0) is 17.0. The molecule has 0 aliphatic heterocycles. The summed E-state index contributed by atoms with van der Waals surface area (Å²) in [5.41, 5.74) is 0.400. The fourth-order valence-electron chi connectivity index (χ4n) is 1.96. The third-order valence-electron chi connectivity index (χ3n) is 3.05. The standard InChI is InChI=1S/C15H13Br2NO4S/c16-11-5-7-12(8-6-11)23(21,22)18(10-9-15(19)20)14-4-2-1-3-13(14)17/h1-8H,9-10H2,(H,19,20). The van der Waals surface area contributed by atoms with Crippen molar-refractivity contribution in [3.63, 3.8) is 0 Å². The number of carbonyl (C=O) groups is 1. The van der Waals surface area contributed by atoms with Gasteiger partial charge in [0.05, 0.1) is 17.0 Å². The Labute approximate surface area is 151 Å². The Morgan fingerprint density at radius 2 is 1.65 bits per heavy atom. The SMILES string of the molecule is O=C(O)CCN(c1ccccc1Br)S(=O)(=O)c1ccc(Br)cc1. The molecule has 0 radical (unpaired) electrons. The number of aliphatic carboxylic acids is 1. The van der Waals surface area contributed by atoms with Crippen LogP contribution in [-0.2, 0) is 14.8 Å². The van der Waals surface area contributed by atoms with Crippen molar-refractivity contribution in [3.8, 4) is 0 Å². The number of nitrogens with zero attached hydrogens (tertiary/aromatic N) is 1.